The summed E-state index contributed by atoms with van der Waals surface area (Å²) in [7, 11) is 3.17. The standard InChI is InChI=1S/C28H32FN3O5/c1-4-37-28(34)25-24(31-26(32-25)19-9-12-21(35-2)13-10-19)18-7-5-17(6-8-18)16-30-27(33)22-15-20(29)11-14-23(22)36-3/h5-8,11,14-15,19,21H,4,9-10,12-13,16H2,1-3H3,(H,30,33)(H,31,32). The Hall–Kier alpha value is -3.72. The molecule has 0 unspecified atom stereocenters. The molecule has 2 N–H and O–H groups in total. The number of aromatic nitrogens is 2. The summed E-state index contributed by atoms with van der Waals surface area (Å²) in [6.45, 7) is 2.27. The molecule has 4 rings (SSSR count). The van der Waals surface area contributed by atoms with Crippen LogP contribution in [0.4, 0.5) is 4.39 Å². The van der Waals surface area contributed by atoms with Gasteiger partial charge >= 0.3 is 5.97 Å². The highest BCUT2D eigenvalue weighted by molar-refractivity contribution is 5.97. The largest absolute Gasteiger partial charge is 0.496 e. The summed E-state index contributed by atoms with van der Waals surface area (Å²) >= 11 is 0. The second-order valence-electron chi connectivity index (χ2n) is 9.00. The topological polar surface area (TPSA) is 103 Å². The molecule has 3 aromatic rings. The number of hydrogen-bond acceptors (Lipinski definition) is 6. The number of benzene rings is 2. The van der Waals surface area contributed by atoms with Gasteiger partial charge in [-0.15, -0.1) is 0 Å². The Morgan fingerprint density at radius 1 is 1.08 bits per heavy atom. The number of carbonyl (C=O) groups is 2. The number of nitrogens with zero attached hydrogens (tertiary/aromatic N) is 1. The molecule has 1 amide bonds. The lowest BCUT2D eigenvalue weighted by Crippen LogP contribution is -2.23. The zero-order chi connectivity index (χ0) is 26.4. The van der Waals surface area contributed by atoms with Crippen molar-refractivity contribution in [2.45, 2.75) is 51.2 Å². The van der Waals surface area contributed by atoms with E-state index >= 15 is 0 Å². The molecule has 9 heteroatoms. The first-order valence-electron chi connectivity index (χ1n) is 12.4. The summed E-state index contributed by atoms with van der Waals surface area (Å²) < 4.78 is 29.5. The molecule has 37 heavy (non-hydrogen) atoms. The third-order valence-electron chi connectivity index (χ3n) is 6.68. The number of aromatic amines is 1. The van der Waals surface area contributed by atoms with Gasteiger partial charge in [-0.25, -0.2) is 14.2 Å². The van der Waals surface area contributed by atoms with E-state index in [9.17, 15) is 14.0 Å². The number of halogens is 1. The highest BCUT2D eigenvalue weighted by Gasteiger charge is 2.28. The molecule has 2 aromatic carbocycles. The lowest BCUT2D eigenvalue weighted by atomic mass is 9.87. The van der Waals surface area contributed by atoms with Gasteiger partial charge in [0, 0.05) is 25.1 Å². The summed E-state index contributed by atoms with van der Waals surface area (Å²) in [6, 6.07) is 11.2. The Bertz CT molecular complexity index is 1230. The van der Waals surface area contributed by atoms with E-state index in [2.05, 4.69) is 10.3 Å². The summed E-state index contributed by atoms with van der Waals surface area (Å²) in [5.74, 6) is -0.0911. The van der Waals surface area contributed by atoms with E-state index in [1.165, 1.54) is 19.2 Å². The molecular weight excluding hydrogens is 477 g/mol. The van der Waals surface area contributed by atoms with E-state index in [1.807, 2.05) is 24.3 Å². The molecule has 1 heterocycles. The quantitative estimate of drug-likeness (QED) is 0.394. The first-order valence-corrected chi connectivity index (χ1v) is 12.4. The van der Waals surface area contributed by atoms with E-state index in [4.69, 9.17) is 19.2 Å². The van der Waals surface area contributed by atoms with E-state index in [1.54, 1.807) is 14.0 Å². The van der Waals surface area contributed by atoms with E-state index in [0.717, 1.165) is 48.7 Å². The van der Waals surface area contributed by atoms with Gasteiger partial charge in [-0.2, -0.15) is 0 Å². The van der Waals surface area contributed by atoms with Crippen molar-refractivity contribution < 1.29 is 28.2 Å². The zero-order valence-corrected chi connectivity index (χ0v) is 21.3. The summed E-state index contributed by atoms with van der Waals surface area (Å²) in [5.41, 5.74) is 2.60. The van der Waals surface area contributed by atoms with Crippen LogP contribution in [0, 0.1) is 5.82 Å². The number of rotatable bonds is 9. The Morgan fingerprint density at radius 3 is 2.46 bits per heavy atom. The molecule has 8 nitrogen and oxygen atoms in total. The van der Waals surface area contributed by atoms with Crippen molar-refractivity contribution in [3.8, 4) is 17.0 Å². The third-order valence-corrected chi connectivity index (χ3v) is 6.68. The van der Waals surface area contributed by atoms with Crippen LogP contribution in [0.2, 0.25) is 0 Å². The van der Waals surface area contributed by atoms with Gasteiger partial charge in [-0.1, -0.05) is 24.3 Å². The van der Waals surface area contributed by atoms with Crippen molar-refractivity contribution in [2.75, 3.05) is 20.8 Å². The molecule has 0 spiro atoms. The fourth-order valence-corrected chi connectivity index (χ4v) is 4.63. The maximum atomic E-state index is 13.6. The fourth-order valence-electron chi connectivity index (χ4n) is 4.63. The van der Waals surface area contributed by atoms with E-state index in [0.29, 0.717) is 17.1 Å². The van der Waals surface area contributed by atoms with Crippen LogP contribution in [-0.4, -0.2) is 48.8 Å². The number of esters is 1. The van der Waals surface area contributed by atoms with Crippen molar-refractivity contribution in [2.24, 2.45) is 0 Å². The molecule has 0 radical (unpaired) electrons. The lowest BCUT2D eigenvalue weighted by Gasteiger charge is -2.26. The van der Waals surface area contributed by atoms with Gasteiger partial charge in [0.25, 0.3) is 5.91 Å². The van der Waals surface area contributed by atoms with Gasteiger partial charge in [0.15, 0.2) is 5.69 Å². The molecule has 1 saturated carbocycles. The van der Waals surface area contributed by atoms with Crippen molar-refractivity contribution >= 4 is 11.9 Å². The van der Waals surface area contributed by atoms with Crippen LogP contribution in [0.5, 0.6) is 5.75 Å². The highest BCUT2D eigenvalue weighted by Crippen LogP contribution is 2.35. The van der Waals surface area contributed by atoms with Crippen LogP contribution in [0.3, 0.4) is 0 Å². The normalized spacial score (nSPS) is 17.3. The van der Waals surface area contributed by atoms with Crippen molar-refractivity contribution in [1.29, 1.82) is 0 Å². The van der Waals surface area contributed by atoms with E-state index in [-0.39, 0.29) is 30.7 Å². The summed E-state index contributed by atoms with van der Waals surface area (Å²) in [6.07, 6.45) is 4.04. The number of H-pyrrole nitrogens is 1. The van der Waals surface area contributed by atoms with Gasteiger partial charge in [0.05, 0.1) is 25.4 Å². The first kappa shape index (κ1) is 26.3. The number of carbonyl (C=O) groups excluding carboxylic acids is 2. The highest BCUT2D eigenvalue weighted by atomic mass is 19.1. The number of ether oxygens (including phenoxy) is 3. The van der Waals surface area contributed by atoms with Gasteiger partial charge in [0.1, 0.15) is 23.1 Å². The van der Waals surface area contributed by atoms with Crippen LogP contribution < -0.4 is 10.1 Å². The summed E-state index contributed by atoms with van der Waals surface area (Å²) in [5, 5.41) is 2.79. The Kier molecular flexibility index (Phi) is 8.55. The molecular formula is C28H32FN3O5. The van der Waals surface area contributed by atoms with Crippen LogP contribution >= 0.6 is 0 Å². The summed E-state index contributed by atoms with van der Waals surface area (Å²) in [4.78, 5) is 33.3. The molecule has 0 aliphatic heterocycles. The number of imidazole rings is 1. The number of amides is 1. The minimum Gasteiger partial charge on any atom is -0.496 e. The molecule has 1 aromatic heterocycles. The number of hydrogen-bond donors (Lipinski definition) is 2. The van der Waals surface area contributed by atoms with Crippen LogP contribution in [0.15, 0.2) is 42.5 Å². The van der Waals surface area contributed by atoms with Crippen LogP contribution in [0.1, 0.15) is 70.8 Å². The fraction of sp³-hybridized carbons (Fsp3) is 0.393. The third kappa shape index (κ3) is 6.17. The van der Waals surface area contributed by atoms with Gasteiger partial charge < -0.3 is 24.5 Å². The van der Waals surface area contributed by atoms with Gasteiger partial charge in [0.2, 0.25) is 0 Å². The predicted molar refractivity (Wildman–Crippen MR) is 136 cm³/mol. The molecule has 0 atom stereocenters. The maximum absolute atomic E-state index is 13.6. The Morgan fingerprint density at radius 2 is 1.81 bits per heavy atom. The average Bonchev–Trinajstić information content (AvgIpc) is 3.38. The maximum Gasteiger partial charge on any atom is 0.357 e. The van der Waals surface area contributed by atoms with Crippen LogP contribution in [0.25, 0.3) is 11.3 Å². The molecule has 1 fully saturated rings. The lowest BCUT2D eigenvalue weighted by molar-refractivity contribution is 0.0519. The molecule has 196 valence electrons. The molecule has 1 aliphatic rings. The second kappa shape index (κ2) is 12.0. The Labute approximate surface area is 215 Å². The Balaban J connectivity index is 1.50. The monoisotopic (exact) mass is 509 g/mol. The molecule has 0 saturated heterocycles. The molecule has 1 aliphatic carbocycles. The average molecular weight is 510 g/mol. The SMILES string of the molecule is CCOC(=O)c1[nH]c(C2CCC(OC)CC2)nc1-c1ccc(CNC(=O)c2cc(F)ccc2OC)cc1. The van der Waals surface area contributed by atoms with Crippen molar-refractivity contribution in [3.63, 3.8) is 0 Å². The van der Waals surface area contributed by atoms with E-state index < -0.39 is 17.7 Å². The smallest absolute Gasteiger partial charge is 0.357 e. The van der Waals surface area contributed by atoms with Crippen LogP contribution in [-0.2, 0) is 16.0 Å². The van der Waals surface area contributed by atoms with Crippen molar-refractivity contribution in [1.82, 2.24) is 15.3 Å². The van der Waals surface area contributed by atoms with Gasteiger partial charge in [-0.3, -0.25) is 4.79 Å². The zero-order valence-electron chi connectivity index (χ0n) is 21.3. The minimum absolute atomic E-state index is 0.127. The number of nitrogens with one attached hydrogen (secondary N) is 2. The first-order chi connectivity index (χ1) is 17.9. The predicted octanol–water partition coefficient (Wildman–Crippen LogP) is 5.00. The second-order valence-corrected chi connectivity index (χ2v) is 9.00. The van der Waals surface area contributed by atoms with Crippen molar-refractivity contribution in [3.05, 3.63) is 70.9 Å². The van der Waals surface area contributed by atoms with Gasteiger partial charge in [-0.05, 0) is 56.4 Å². The minimum atomic E-state index is -0.516. The number of methoxy groups -OCH3 is 2. The molecule has 0 bridgehead atoms.